The Morgan fingerprint density at radius 3 is 2.33 bits per heavy atom. The van der Waals surface area contributed by atoms with Crippen molar-refractivity contribution in [3.8, 4) is 5.75 Å². The molecule has 0 atom stereocenters. The summed E-state index contributed by atoms with van der Waals surface area (Å²) >= 11 is 0. The smallest absolute Gasteiger partial charge is 0.350 e. The van der Waals surface area contributed by atoms with Gasteiger partial charge >= 0.3 is 5.97 Å². The highest BCUT2D eigenvalue weighted by atomic mass is 19.1. The molecule has 0 saturated heterocycles. The van der Waals surface area contributed by atoms with Crippen molar-refractivity contribution in [3.05, 3.63) is 30.1 Å². The second kappa shape index (κ2) is 7.06. The molecule has 1 rings (SSSR count). The van der Waals surface area contributed by atoms with Crippen molar-refractivity contribution in [1.29, 1.82) is 0 Å². The molecule has 1 amide bonds. The first kappa shape index (κ1) is 16.9. The van der Waals surface area contributed by atoms with E-state index in [-0.39, 0.29) is 18.6 Å². The number of benzene rings is 1. The van der Waals surface area contributed by atoms with Gasteiger partial charge in [0.25, 0.3) is 5.91 Å². The summed E-state index contributed by atoms with van der Waals surface area (Å²) in [4.78, 5) is 23.3. The molecule has 0 aromatic heterocycles. The number of carbonyl (C=O) groups is 2. The second-order valence-corrected chi connectivity index (χ2v) is 5.36. The summed E-state index contributed by atoms with van der Waals surface area (Å²) in [5.41, 5.74) is -1.28. The fraction of sp³-hybridized carbons (Fsp3) is 0.467. The number of carbonyl (C=O) groups excluding carboxylic acids is 2. The van der Waals surface area contributed by atoms with Crippen LogP contribution in [0.15, 0.2) is 24.3 Å². The molecule has 116 valence electrons. The molecule has 0 spiro atoms. The predicted molar refractivity (Wildman–Crippen MR) is 75.3 cm³/mol. The molecule has 1 N–H and O–H groups in total. The van der Waals surface area contributed by atoms with E-state index < -0.39 is 17.4 Å². The molecule has 5 nitrogen and oxygen atoms in total. The third-order valence-electron chi connectivity index (χ3n) is 2.46. The molecule has 0 fully saturated rings. The van der Waals surface area contributed by atoms with Crippen molar-refractivity contribution < 1.29 is 23.5 Å². The van der Waals surface area contributed by atoms with Gasteiger partial charge in [-0.15, -0.1) is 0 Å². The van der Waals surface area contributed by atoms with Gasteiger partial charge in [0, 0.05) is 6.04 Å². The standard InChI is InChI=1S/C15H20FNO4/c1-10(2)17-13(18)9-20-14(19)15(3,4)21-12-7-5-11(16)6-8-12/h5-8,10H,9H2,1-4H3,(H,17,18). The largest absolute Gasteiger partial charge is 0.476 e. The van der Waals surface area contributed by atoms with E-state index in [0.29, 0.717) is 5.75 Å². The van der Waals surface area contributed by atoms with Crippen molar-refractivity contribution >= 4 is 11.9 Å². The molecule has 0 unspecified atom stereocenters. The van der Waals surface area contributed by atoms with Gasteiger partial charge in [-0.2, -0.15) is 0 Å². The molecule has 0 heterocycles. The van der Waals surface area contributed by atoms with Gasteiger partial charge in [-0.25, -0.2) is 9.18 Å². The lowest BCUT2D eigenvalue weighted by Gasteiger charge is -2.24. The minimum atomic E-state index is -1.28. The highest BCUT2D eigenvalue weighted by Gasteiger charge is 2.32. The summed E-state index contributed by atoms with van der Waals surface area (Å²) in [5.74, 6) is -1.11. The van der Waals surface area contributed by atoms with E-state index in [4.69, 9.17) is 9.47 Å². The van der Waals surface area contributed by atoms with Crippen LogP contribution in [0.4, 0.5) is 4.39 Å². The maximum Gasteiger partial charge on any atom is 0.350 e. The summed E-state index contributed by atoms with van der Waals surface area (Å²) in [6, 6.07) is 5.25. The van der Waals surface area contributed by atoms with Crippen molar-refractivity contribution in [1.82, 2.24) is 5.32 Å². The van der Waals surface area contributed by atoms with Gasteiger partial charge in [-0.3, -0.25) is 4.79 Å². The fourth-order valence-corrected chi connectivity index (χ4v) is 1.51. The average molecular weight is 297 g/mol. The Labute approximate surface area is 123 Å². The Bertz CT molecular complexity index is 497. The Balaban J connectivity index is 2.54. The van der Waals surface area contributed by atoms with Crippen LogP contribution in [0, 0.1) is 5.82 Å². The summed E-state index contributed by atoms with van der Waals surface area (Å²) in [7, 11) is 0. The number of halogens is 1. The van der Waals surface area contributed by atoms with Crippen molar-refractivity contribution in [2.75, 3.05) is 6.61 Å². The molecule has 0 aliphatic rings. The van der Waals surface area contributed by atoms with Crippen molar-refractivity contribution in [2.45, 2.75) is 39.3 Å². The molecule has 1 aromatic carbocycles. The monoisotopic (exact) mass is 297 g/mol. The van der Waals surface area contributed by atoms with Gasteiger partial charge in [0.05, 0.1) is 0 Å². The highest BCUT2D eigenvalue weighted by molar-refractivity contribution is 5.84. The predicted octanol–water partition coefficient (Wildman–Crippen LogP) is 2.05. The highest BCUT2D eigenvalue weighted by Crippen LogP contribution is 2.19. The van der Waals surface area contributed by atoms with Crippen LogP contribution in [-0.4, -0.2) is 30.1 Å². The van der Waals surface area contributed by atoms with Crippen LogP contribution in [0.1, 0.15) is 27.7 Å². The van der Waals surface area contributed by atoms with E-state index in [1.54, 1.807) is 13.8 Å². The van der Waals surface area contributed by atoms with Gasteiger partial charge in [-0.05, 0) is 52.0 Å². The molecular formula is C15H20FNO4. The summed E-state index contributed by atoms with van der Waals surface area (Å²) in [6.45, 7) is 6.27. The van der Waals surface area contributed by atoms with Crippen LogP contribution < -0.4 is 10.1 Å². The third kappa shape index (κ3) is 5.81. The quantitative estimate of drug-likeness (QED) is 0.816. The number of ether oxygens (including phenoxy) is 2. The average Bonchev–Trinajstić information content (AvgIpc) is 2.37. The number of hydrogen-bond acceptors (Lipinski definition) is 4. The molecule has 0 bridgehead atoms. The molecule has 0 saturated carbocycles. The van der Waals surface area contributed by atoms with E-state index >= 15 is 0 Å². The normalized spacial score (nSPS) is 11.1. The van der Waals surface area contributed by atoms with E-state index in [1.807, 2.05) is 0 Å². The second-order valence-electron chi connectivity index (χ2n) is 5.36. The van der Waals surface area contributed by atoms with Gasteiger partial charge in [0.15, 0.2) is 12.2 Å². The number of rotatable bonds is 6. The zero-order valence-corrected chi connectivity index (χ0v) is 12.6. The first-order chi connectivity index (χ1) is 9.70. The van der Waals surface area contributed by atoms with Crippen LogP contribution in [-0.2, 0) is 14.3 Å². The number of amides is 1. The van der Waals surface area contributed by atoms with E-state index in [0.717, 1.165) is 0 Å². The van der Waals surface area contributed by atoms with Crippen molar-refractivity contribution in [2.24, 2.45) is 0 Å². The summed E-state index contributed by atoms with van der Waals surface area (Å²) in [6.07, 6.45) is 0. The van der Waals surface area contributed by atoms with Crippen LogP contribution in [0.3, 0.4) is 0 Å². The minimum Gasteiger partial charge on any atom is -0.476 e. The van der Waals surface area contributed by atoms with Gasteiger partial charge < -0.3 is 14.8 Å². The van der Waals surface area contributed by atoms with Crippen LogP contribution >= 0.6 is 0 Å². The summed E-state index contributed by atoms with van der Waals surface area (Å²) < 4.78 is 23.2. The molecule has 0 aliphatic carbocycles. The van der Waals surface area contributed by atoms with E-state index in [2.05, 4.69) is 5.32 Å². The zero-order chi connectivity index (χ0) is 16.0. The molecule has 21 heavy (non-hydrogen) atoms. The Hall–Kier alpha value is -2.11. The van der Waals surface area contributed by atoms with E-state index in [9.17, 15) is 14.0 Å². The molecule has 0 aliphatic heterocycles. The van der Waals surface area contributed by atoms with Crippen LogP contribution in [0.25, 0.3) is 0 Å². The summed E-state index contributed by atoms with van der Waals surface area (Å²) in [5, 5.41) is 2.61. The molecule has 0 radical (unpaired) electrons. The molecule has 1 aromatic rings. The number of hydrogen-bond donors (Lipinski definition) is 1. The maximum absolute atomic E-state index is 12.8. The fourth-order valence-electron chi connectivity index (χ4n) is 1.51. The lowest BCUT2D eigenvalue weighted by Crippen LogP contribution is -2.42. The molecular weight excluding hydrogens is 277 g/mol. The first-order valence-corrected chi connectivity index (χ1v) is 6.62. The zero-order valence-electron chi connectivity index (χ0n) is 12.6. The first-order valence-electron chi connectivity index (χ1n) is 6.62. The van der Waals surface area contributed by atoms with Crippen LogP contribution in [0.2, 0.25) is 0 Å². The number of esters is 1. The van der Waals surface area contributed by atoms with Gasteiger partial charge in [0.2, 0.25) is 0 Å². The Kier molecular flexibility index (Phi) is 5.69. The van der Waals surface area contributed by atoms with Gasteiger partial charge in [-0.1, -0.05) is 0 Å². The SMILES string of the molecule is CC(C)NC(=O)COC(=O)C(C)(C)Oc1ccc(F)cc1. The van der Waals surface area contributed by atoms with Gasteiger partial charge in [0.1, 0.15) is 11.6 Å². The van der Waals surface area contributed by atoms with E-state index in [1.165, 1.54) is 38.1 Å². The lowest BCUT2D eigenvalue weighted by atomic mass is 10.1. The maximum atomic E-state index is 12.8. The third-order valence-corrected chi connectivity index (χ3v) is 2.46. The molecule has 6 heteroatoms. The van der Waals surface area contributed by atoms with Crippen molar-refractivity contribution in [3.63, 3.8) is 0 Å². The minimum absolute atomic E-state index is 0.0281. The Morgan fingerprint density at radius 2 is 1.81 bits per heavy atom. The number of nitrogens with one attached hydrogen (secondary N) is 1. The topological polar surface area (TPSA) is 64.6 Å². The van der Waals surface area contributed by atoms with Crippen LogP contribution in [0.5, 0.6) is 5.75 Å². The lowest BCUT2D eigenvalue weighted by molar-refractivity contribution is -0.162. The Morgan fingerprint density at radius 1 is 1.24 bits per heavy atom.